The number of halogens is 1. The predicted octanol–water partition coefficient (Wildman–Crippen LogP) is 3.48. The summed E-state index contributed by atoms with van der Waals surface area (Å²) < 4.78 is 26.3. The summed E-state index contributed by atoms with van der Waals surface area (Å²) in [6.07, 6.45) is 3.89. The second kappa shape index (κ2) is 9.03. The number of nitrogens with zero attached hydrogens (tertiary/aromatic N) is 3. The Kier molecular flexibility index (Phi) is 5.82. The summed E-state index contributed by atoms with van der Waals surface area (Å²) in [4.78, 5) is 11.1. The monoisotopic (exact) mass is 423 g/mol. The molecule has 2 N–H and O–H groups in total. The quantitative estimate of drug-likeness (QED) is 0.651. The van der Waals surface area contributed by atoms with Gasteiger partial charge in [0, 0.05) is 30.4 Å². The fourth-order valence-corrected chi connectivity index (χ4v) is 4.05. The maximum atomic E-state index is 14.7. The second-order valence-corrected chi connectivity index (χ2v) is 7.85. The molecule has 0 bridgehead atoms. The lowest BCUT2D eigenvalue weighted by Crippen LogP contribution is -2.36. The largest absolute Gasteiger partial charge is 0.488 e. The molecule has 5 rings (SSSR count). The number of morpholine rings is 1. The van der Waals surface area contributed by atoms with Gasteiger partial charge in [0.1, 0.15) is 23.2 Å². The van der Waals surface area contributed by atoms with Crippen LogP contribution in [0.25, 0.3) is 10.9 Å². The molecule has 2 aliphatic rings. The lowest BCUT2D eigenvalue weighted by atomic mass is 10.1. The minimum Gasteiger partial charge on any atom is -0.488 e. The Hall–Kier alpha value is -2.97. The van der Waals surface area contributed by atoms with Crippen LogP contribution in [0.4, 0.5) is 21.7 Å². The number of para-hydroxylation sites is 1. The average molecular weight is 423 g/mol. The molecule has 2 fully saturated rings. The van der Waals surface area contributed by atoms with E-state index in [1.54, 1.807) is 12.3 Å². The fraction of sp³-hybridized carbons (Fsp3) is 0.391. The second-order valence-electron chi connectivity index (χ2n) is 7.85. The molecule has 2 aromatic carbocycles. The zero-order chi connectivity index (χ0) is 21.0. The minimum absolute atomic E-state index is 0.181. The number of fused-ring (bicyclic) bond motifs is 1. The van der Waals surface area contributed by atoms with Crippen LogP contribution >= 0.6 is 0 Å². The van der Waals surface area contributed by atoms with Gasteiger partial charge in [0.05, 0.1) is 18.9 Å². The van der Waals surface area contributed by atoms with Gasteiger partial charge in [0.2, 0.25) is 5.95 Å². The van der Waals surface area contributed by atoms with Crippen LogP contribution < -0.4 is 20.3 Å². The molecule has 0 amide bonds. The Morgan fingerprint density at radius 3 is 2.77 bits per heavy atom. The van der Waals surface area contributed by atoms with E-state index in [4.69, 9.17) is 9.47 Å². The van der Waals surface area contributed by atoms with E-state index in [0.717, 1.165) is 42.6 Å². The third kappa shape index (κ3) is 4.55. The molecule has 8 heteroatoms. The van der Waals surface area contributed by atoms with Crippen LogP contribution in [0.1, 0.15) is 12.8 Å². The van der Waals surface area contributed by atoms with Crippen molar-refractivity contribution in [3.63, 3.8) is 0 Å². The number of benzene rings is 2. The van der Waals surface area contributed by atoms with E-state index in [2.05, 4.69) is 20.6 Å². The molecular formula is C23H26FN5O2. The molecule has 0 aliphatic carbocycles. The van der Waals surface area contributed by atoms with E-state index < -0.39 is 0 Å². The highest BCUT2D eigenvalue weighted by Gasteiger charge is 2.17. The first kappa shape index (κ1) is 20.0. The summed E-state index contributed by atoms with van der Waals surface area (Å²) >= 11 is 0. The van der Waals surface area contributed by atoms with E-state index in [1.165, 1.54) is 6.07 Å². The summed E-state index contributed by atoms with van der Waals surface area (Å²) in [6, 6.07) is 11.0. The Balaban J connectivity index is 1.36. The van der Waals surface area contributed by atoms with Crippen LogP contribution in [0.5, 0.6) is 5.75 Å². The van der Waals surface area contributed by atoms with Gasteiger partial charge in [-0.3, -0.25) is 0 Å². The zero-order valence-electron chi connectivity index (χ0n) is 17.3. The summed E-state index contributed by atoms with van der Waals surface area (Å²) in [5.74, 6) is 0.888. The number of hydrogen-bond acceptors (Lipinski definition) is 7. The lowest BCUT2D eigenvalue weighted by molar-refractivity contribution is 0.122. The molecule has 3 heterocycles. The zero-order valence-corrected chi connectivity index (χ0v) is 17.3. The first-order chi connectivity index (χ1) is 15.3. The van der Waals surface area contributed by atoms with Crippen molar-refractivity contribution in [1.29, 1.82) is 0 Å². The molecule has 3 aromatic rings. The highest BCUT2D eigenvalue weighted by atomic mass is 19.1. The van der Waals surface area contributed by atoms with Gasteiger partial charge in [0.15, 0.2) is 0 Å². The molecule has 162 valence electrons. The van der Waals surface area contributed by atoms with E-state index in [-0.39, 0.29) is 11.9 Å². The fourth-order valence-electron chi connectivity index (χ4n) is 4.05. The highest BCUT2D eigenvalue weighted by molar-refractivity contribution is 5.85. The molecule has 2 aliphatic heterocycles. The van der Waals surface area contributed by atoms with E-state index in [0.29, 0.717) is 43.6 Å². The maximum Gasteiger partial charge on any atom is 0.227 e. The topological polar surface area (TPSA) is 71.5 Å². The van der Waals surface area contributed by atoms with Crippen LogP contribution in [0.3, 0.4) is 0 Å². The van der Waals surface area contributed by atoms with Gasteiger partial charge in [-0.25, -0.2) is 14.4 Å². The lowest BCUT2D eigenvalue weighted by Gasteiger charge is -2.29. The van der Waals surface area contributed by atoms with Crippen LogP contribution in [-0.2, 0) is 4.74 Å². The molecule has 0 atom stereocenters. The van der Waals surface area contributed by atoms with Gasteiger partial charge in [-0.15, -0.1) is 0 Å². The van der Waals surface area contributed by atoms with Crippen molar-refractivity contribution in [2.24, 2.45) is 0 Å². The van der Waals surface area contributed by atoms with Gasteiger partial charge >= 0.3 is 0 Å². The molecule has 1 aromatic heterocycles. The third-order valence-electron chi connectivity index (χ3n) is 5.71. The summed E-state index contributed by atoms with van der Waals surface area (Å²) in [5, 5.41) is 7.38. The molecule has 2 saturated heterocycles. The summed E-state index contributed by atoms with van der Waals surface area (Å²) in [6.45, 7) is 4.54. The third-order valence-corrected chi connectivity index (χ3v) is 5.71. The molecule has 31 heavy (non-hydrogen) atoms. The number of rotatable bonds is 5. The number of nitrogens with one attached hydrogen (secondary N) is 2. The van der Waals surface area contributed by atoms with Crippen LogP contribution in [0.2, 0.25) is 0 Å². The number of piperidine rings is 1. The van der Waals surface area contributed by atoms with E-state index in [1.807, 2.05) is 29.2 Å². The average Bonchev–Trinajstić information content (AvgIpc) is 2.81. The Labute approximate surface area is 180 Å². The van der Waals surface area contributed by atoms with Crippen molar-refractivity contribution >= 4 is 28.2 Å². The first-order valence-electron chi connectivity index (χ1n) is 10.8. The van der Waals surface area contributed by atoms with Crippen molar-refractivity contribution < 1.29 is 13.9 Å². The van der Waals surface area contributed by atoms with Crippen molar-refractivity contribution in [3.05, 3.63) is 48.4 Å². The standard InChI is InChI=1S/C23H26FN5O2/c24-19-14-17(4-5-20(19)29-10-12-30-13-11-29)27-23-26-15-16-2-1-3-21(22(16)28-23)31-18-6-8-25-9-7-18/h1-5,14-15,18,25H,6-13H2,(H,26,27,28). The SMILES string of the molecule is Fc1cc(Nc2ncc3cccc(OC4CCNCC4)c3n2)ccc1N1CCOCC1. The maximum absolute atomic E-state index is 14.7. The van der Waals surface area contributed by atoms with E-state index in [9.17, 15) is 4.39 Å². The van der Waals surface area contributed by atoms with Gasteiger partial charge < -0.3 is 25.0 Å². The summed E-state index contributed by atoms with van der Waals surface area (Å²) in [7, 11) is 0. The predicted molar refractivity (Wildman–Crippen MR) is 119 cm³/mol. The van der Waals surface area contributed by atoms with Crippen molar-refractivity contribution in [2.75, 3.05) is 49.6 Å². The Morgan fingerprint density at radius 2 is 1.97 bits per heavy atom. The van der Waals surface area contributed by atoms with Crippen molar-refractivity contribution in [3.8, 4) is 5.75 Å². The number of hydrogen-bond donors (Lipinski definition) is 2. The number of aromatic nitrogens is 2. The van der Waals surface area contributed by atoms with Crippen LogP contribution in [0.15, 0.2) is 42.6 Å². The minimum atomic E-state index is -0.275. The molecule has 7 nitrogen and oxygen atoms in total. The van der Waals surface area contributed by atoms with Gasteiger partial charge in [-0.05, 0) is 50.2 Å². The van der Waals surface area contributed by atoms with Gasteiger partial charge in [-0.2, -0.15) is 0 Å². The van der Waals surface area contributed by atoms with Crippen LogP contribution in [-0.4, -0.2) is 55.5 Å². The molecule has 0 saturated carbocycles. The molecule has 0 unspecified atom stereocenters. The smallest absolute Gasteiger partial charge is 0.227 e. The Bertz CT molecular complexity index is 1050. The first-order valence-corrected chi connectivity index (χ1v) is 10.8. The van der Waals surface area contributed by atoms with Crippen molar-refractivity contribution in [2.45, 2.75) is 18.9 Å². The van der Waals surface area contributed by atoms with Gasteiger partial charge in [-0.1, -0.05) is 12.1 Å². The molecular weight excluding hydrogens is 397 g/mol. The van der Waals surface area contributed by atoms with Gasteiger partial charge in [0.25, 0.3) is 0 Å². The van der Waals surface area contributed by atoms with Crippen molar-refractivity contribution in [1.82, 2.24) is 15.3 Å². The molecule has 0 radical (unpaired) electrons. The number of ether oxygens (including phenoxy) is 2. The van der Waals surface area contributed by atoms with Crippen LogP contribution in [0, 0.1) is 5.82 Å². The summed E-state index contributed by atoms with van der Waals surface area (Å²) in [5.41, 5.74) is 1.94. The normalized spacial score (nSPS) is 17.6. The number of anilines is 3. The molecule has 0 spiro atoms. The Morgan fingerprint density at radius 1 is 1.13 bits per heavy atom. The van der Waals surface area contributed by atoms with E-state index >= 15 is 0 Å². The highest BCUT2D eigenvalue weighted by Crippen LogP contribution is 2.28.